The standard InChI is InChI=1S/C23H15BrI2N2O3/c24-16-8-6-14(7-9-16)13-31-21-19(25)11-15(12-20(21)26)10-18-22(29)27-28(23(18)30)17-4-2-1-3-5-17/h1-12H,13H2,(H,27,29)/b18-10-. The van der Waals surface area contributed by atoms with E-state index in [1.165, 1.54) is 5.01 Å². The molecule has 0 radical (unpaired) electrons. The van der Waals surface area contributed by atoms with E-state index >= 15 is 0 Å². The maximum absolute atomic E-state index is 12.8. The first-order chi connectivity index (χ1) is 14.9. The van der Waals surface area contributed by atoms with E-state index in [4.69, 9.17) is 4.74 Å². The van der Waals surface area contributed by atoms with Gasteiger partial charge in [-0.3, -0.25) is 15.0 Å². The van der Waals surface area contributed by atoms with Crippen molar-refractivity contribution in [3.63, 3.8) is 0 Å². The van der Waals surface area contributed by atoms with Gasteiger partial charge in [-0.25, -0.2) is 5.01 Å². The number of nitrogens with zero attached hydrogens (tertiary/aromatic N) is 1. The van der Waals surface area contributed by atoms with Gasteiger partial charge < -0.3 is 4.74 Å². The highest BCUT2D eigenvalue weighted by Crippen LogP contribution is 2.31. The van der Waals surface area contributed by atoms with E-state index in [-0.39, 0.29) is 11.5 Å². The Bertz CT molecular complexity index is 1160. The van der Waals surface area contributed by atoms with E-state index in [1.54, 1.807) is 18.2 Å². The summed E-state index contributed by atoms with van der Waals surface area (Å²) in [7, 11) is 0. The molecule has 3 aromatic carbocycles. The van der Waals surface area contributed by atoms with Gasteiger partial charge in [0.2, 0.25) is 0 Å². The number of nitrogens with one attached hydrogen (secondary N) is 1. The van der Waals surface area contributed by atoms with Crippen LogP contribution in [0.5, 0.6) is 5.75 Å². The Morgan fingerprint density at radius 3 is 2.26 bits per heavy atom. The van der Waals surface area contributed by atoms with Crippen LogP contribution in [-0.2, 0) is 16.2 Å². The van der Waals surface area contributed by atoms with Crippen molar-refractivity contribution in [1.82, 2.24) is 5.43 Å². The first kappa shape index (κ1) is 22.3. The molecule has 0 atom stereocenters. The van der Waals surface area contributed by atoms with Crippen molar-refractivity contribution < 1.29 is 14.3 Å². The lowest BCUT2D eigenvalue weighted by Gasteiger charge is -2.14. The van der Waals surface area contributed by atoms with E-state index in [1.807, 2.05) is 54.6 Å². The van der Waals surface area contributed by atoms with Crippen molar-refractivity contribution in [3.05, 3.63) is 95.0 Å². The second-order valence-electron chi connectivity index (χ2n) is 6.70. The fourth-order valence-corrected chi connectivity index (χ4v) is 5.41. The smallest absolute Gasteiger partial charge is 0.282 e. The maximum Gasteiger partial charge on any atom is 0.282 e. The number of halogens is 3. The third-order valence-electron chi connectivity index (χ3n) is 4.53. The summed E-state index contributed by atoms with van der Waals surface area (Å²) in [4.78, 5) is 25.2. The Morgan fingerprint density at radius 1 is 0.968 bits per heavy atom. The van der Waals surface area contributed by atoms with Gasteiger partial charge in [-0.05, 0) is 98.8 Å². The number of hydrogen-bond donors (Lipinski definition) is 1. The SMILES string of the molecule is O=C1NN(c2ccccc2)C(=O)/C1=C\c1cc(I)c(OCc2ccc(Br)cc2)c(I)c1. The van der Waals surface area contributed by atoms with Crippen molar-refractivity contribution in [3.8, 4) is 5.75 Å². The van der Waals surface area contributed by atoms with Crippen LogP contribution in [0, 0.1) is 7.14 Å². The molecule has 0 aromatic heterocycles. The van der Waals surface area contributed by atoms with Crippen LogP contribution in [0.15, 0.2) is 76.8 Å². The van der Waals surface area contributed by atoms with Gasteiger partial charge in [-0.15, -0.1) is 0 Å². The average Bonchev–Trinajstić information content (AvgIpc) is 3.03. The van der Waals surface area contributed by atoms with E-state index < -0.39 is 5.91 Å². The topological polar surface area (TPSA) is 58.6 Å². The van der Waals surface area contributed by atoms with Crippen molar-refractivity contribution >= 4 is 84.7 Å². The molecular weight excluding hydrogens is 686 g/mol. The molecule has 1 aliphatic rings. The molecule has 1 saturated heterocycles. The van der Waals surface area contributed by atoms with Crippen LogP contribution in [0.25, 0.3) is 6.08 Å². The first-order valence-electron chi connectivity index (χ1n) is 9.21. The molecule has 0 unspecified atom stereocenters. The Morgan fingerprint density at radius 2 is 1.61 bits per heavy atom. The van der Waals surface area contributed by atoms with Gasteiger partial charge in [0.1, 0.15) is 17.9 Å². The van der Waals surface area contributed by atoms with Gasteiger partial charge in [0.25, 0.3) is 11.8 Å². The van der Waals surface area contributed by atoms with Gasteiger partial charge in [0.05, 0.1) is 12.8 Å². The quantitative estimate of drug-likeness (QED) is 0.211. The predicted molar refractivity (Wildman–Crippen MR) is 140 cm³/mol. The number of hydrogen-bond acceptors (Lipinski definition) is 3. The number of hydrazine groups is 1. The number of carbonyl (C=O) groups excluding carboxylic acids is 2. The largest absolute Gasteiger partial charge is 0.487 e. The summed E-state index contributed by atoms with van der Waals surface area (Å²) in [6.45, 7) is 0.451. The molecule has 1 aliphatic heterocycles. The molecule has 8 heteroatoms. The van der Waals surface area contributed by atoms with Crippen molar-refractivity contribution in [2.45, 2.75) is 6.61 Å². The molecule has 2 amide bonds. The summed E-state index contributed by atoms with van der Waals surface area (Å²) < 4.78 is 8.86. The normalized spacial score (nSPS) is 14.8. The Hall–Kier alpha value is -1.92. The number of benzene rings is 3. The summed E-state index contributed by atoms with van der Waals surface area (Å²) in [5, 5.41) is 1.26. The van der Waals surface area contributed by atoms with Crippen molar-refractivity contribution in [1.29, 1.82) is 0 Å². The number of rotatable bonds is 5. The molecular formula is C23H15BrI2N2O3. The molecule has 0 spiro atoms. The van der Waals surface area contributed by atoms with Crippen LogP contribution < -0.4 is 15.2 Å². The predicted octanol–water partition coefficient (Wildman–Crippen LogP) is 5.70. The molecule has 0 aliphatic carbocycles. The molecule has 156 valence electrons. The zero-order chi connectivity index (χ0) is 22.0. The molecule has 0 saturated carbocycles. The van der Waals surface area contributed by atoms with Crippen LogP contribution in [0.4, 0.5) is 5.69 Å². The number of carbonyl (C=O) groups is 2. The fraction of sp³-hybridized carbons (Fsp3) is 0.0435. The van der Waals surface area contributed by atoms with Gasteiger partial charge in [0.15, 0.2) is 0 Å². The minimum absolute atomic E-state index is 0.0963. The zero-order valence-electron chi connectivity index (χ0n) is 15.9. The van der Waals surface area contributed by atoms with Crippen LogP contribution in [0.3, 0.4) is 0 Å². The second-order valence-corrected chi connectivity index (χ2v) is 9.94. The van der Waals surface area contributed by atoms with Crippen molar-refractivity contribution in [2.75, 3.05) is 5.01 Å². The van der Waals surface area contributed by atoms with Crippen LogP contribution in [0.1, 0.15) is 11.1 Å². The summed E-state index contributed by atoms with van der Waals surface area (Å²) in [6.07, 6.45) is 1.61. The summed E-state index contributed by atoms with van der Waals surface area (Å²) in [6, 6.07) is 20.8. The number of ether oxygens (including phenoxy) is 1. The monoisotopic (exact) mass is 700 g/mol. The van der Waals surface area contributed by atoms with Crippen LogP contribution >= 0.6 is 61.1 Å². The van der Waals surface area contributed by atoms with Crippen molar-refractivity contribution in [2.24, 2.45) is 0 Å². The molecule has 4 rings (SSSR count). The lowest BCUT2D eigenvalue weighted by molar-refractivity contribution is -0.117. The summed E-state index contributed by atoms with van der Waals surface area (Å²) in [5.41, 5.74) is 5.16. The van der Waals surface area contributed by atoms with Gasteiger partial charge in [0, 0.05) is 4.47 Å². The number of amides is 2. The Balaban J connectivity index is 1.55. The maximum atomic E-state index is 12.8. The zero-order valence-corrected chi connectivity index (χ0v) is 21.8. The highest BCUT2D eigenvalue weighted by Gasteiger charge is 2.34. The average molecular weight is 701 g/mol. The highest BCUT2D eigenvalue weighted by atomic mass is 127. The molecule has 1 fully saturated rings. The second kappa shape index (κ2) is 9.70. The van der Waals surface area contributed by atoms with E-state index in [0.717, 1.165) is 28.5 Å². The van der Waals surface area contributed by atoms with E-state index in [9.17, 15) is 9.59 Å². The van der Waals surface area contributed by atoms with E-state index in [0.29, 0.717) is 12.3 Å². The molecule has 3 aromatic rings. The lowest BCUT2D eigenvalue weighted by Crippen LogP contribution is -2.35. The fourth-order valence-electron chi connectivity index (χ4n) is 3.02. The summed E-state index contributed by atoms with van der Waals surface area (Å²) in [5.74, 6) is -0.0226. The molecule has 1 heterocycles. The minimum atomic E-state index is -0.422. The third-order valence-corrected chi connectivity index (χ3v) is 6.67. The summed E-state index contributed by atoms with van der Waals surface area (Å²) >= 11 is 7.85. The van der Waals surface area contributed by atoms with Gasteiger partial charge in [-0.2, -0.15) is 0 Å². The Labute approximate surface area is 215 Å². The minimum Gasteiger partial charge on any atom is -0.487 e. The molecule has 0 bridgehead atoms. The van der Waals surface area contributed by atoms with Crippen LogP contribution in [0.2, 0.25) is 0 Å². The third kappa shape index (κ3) is 5.12. The Kier molecular flexibility index (Phi) is 6.97. The number of para-hydroxylation sites is 1. The molecule has 31 heavy (non-hydrogen) atoms. The van der Waals surface area contributed by atoms with Gasteiger partial charge in [-0.1, -0.05) is 46.3 Å². The van der Waals surface area contributed by atoms with Crippen LogP contribution in [-0.4, -0.2) is 11.8 Å². The van der Waals surface area contributed by atoms with E-state index in [2.05, 4.69) is 66.5 Å². The molecule has 5 nitrogen and oxygen atoms in total. The first-order valence-corrected chi connectivity index (χ1v) is 12.2. The van der Waals surface area contributed by atoms with Gasteiger partial charge >= 0.3 is 0 Å². The number of anilines is 1. The molecule has 1 N–H and O–H groups in total. The lowest BCUT2D eigenvalue weighted by atomic mass is 10.1. The highest BCUT2D eigenvalue weighted by molar-refractivity contribution is 14.1.